The first-order valence-electron chi connectivity index (χ1n) is 14.9. The number of nitrogen functional groups attached to an aromatic ring is 1. The van der Waals surface area contributed by atoms with E-state index < -0.39 is 64.4 Å². The Kier molecular flexibility index (Phi) is 7.59. The summed E-state index contributed by atoms with van der Waals surface area (Å²) in [7, 11) is 3.65. The summed E-state index contributed by atoms with van der Waals surface area (Å²) in [5, 5.41) is 15.1. The van der Waals surface area contributed by atoms with Crippen molar-refractivity contribution in [3.05, 3.63) is 42.5 Å². The molecule has 1 aromatic rings. The van der Waals surface area contributed by atoms with Crippen LogP contribution >= 0.6 is 0 Å². The number of carbonyl (C=O) groups is 2. The third-order valence-electron chi connectivity index (χ3n) is 10.5. The van der Waals surface area contributed by atoms with Gasteiger partial charge in [0.25, 0.3) is 0 Å². The minimum Gasteiger partial charge on any atom is -0.440 e. The number of rotatable bonds is 6. The van der Waals surface area contributed by atoms with E-state index in [1.54, 1.807) is 24.8 Å². The largest absolute Gasteiger partial charge is 0.440 e. The molecule has 4 fully saturated rings. The fourth-order valence-electron chi connectivity index (χ4n) is 8.65. The molecule has 2 heterocycles. The molecule has 0 bridgehead atoms. The van der Waals surface area contributed by atoms with Gasteiger partial charge in [-0.15, -0.1) is 6.58 Å². The number of Topliss-reactive ketones (excluding diaryl/α,β-unsaturated/α-hetero) is 1. The highest BCUT2D eigenvalue weighted by Crippen LogP contribution is 2.70. The third-order valence-corrected chi connectivity index (χ3v) is 10.5. The molecule has 42 heavy (non-hydrogen) atoms. The number of nitrogens with one attached hydrogen (secondary N) is 1. The van der Waals surface area contributed by atoms with Crippen LogP contribution in [0.25, 0.3) is 0 Å². The lowest BCUT2D eigenvalue weighted by atomic mass is 9.39. The van der Waals surface area contributed by atoms with E-state index in [1.165, 1.54) is 0 Å². The van der Waals surface area contributed by atoms with Gasteiger partial charge < -0.3 is 35.1 Å². The highest BCUT2D eigenvalue weighted by Gasteiger charge is 2.84. The molecule has 2 aliphatic heterocycles. The van der Waals surface area contributed by atoms with Crippen LogP contribution in [0.4, 0.5) is 10.5 Å². The minimum absolute atomic E-state index is 0.0261. The van der Waals surface area contributed by atoms with E-state index in [9.17, 15) is 14.7 Å². The molecule has 0 radical (unpaired) electrons. The summed E-state index contributed by atoms with van der Waals surface area (Å²) in [5.41, 5.74) is 1.82. The Bertz CT molecular complexity index is 1240. The van der Waals surface area contributed by atoms with Crippen molar-refractivity contribution in [2.45, 2.75) is 102 Å². The van der Waals surface area contributed by atoms with Gasteiger partial charge in [-0.05, 0) is 70.3 Å². The summed E-state index contributed by atoms with van der Waals surface area (Å²) in [6, 6.07) is 7.43. The highest BCUT2D eigenvalue weighted by molar-refractivity contribution is 5.93. The Morgan fingerprint density at radius 2 is 1.88 bits per heavy atom. The van der Waals surface area contributed by atoms with E-state index in [0.717, 1.165) is 12.0 Å². The standard InChI is InChI=1S/C32H47N3O7/c1-9-29(4)18-21(36)32-30(5)22(39-27(41-32)35(7)8)14-16-28(2,3)24(30)23(37)25(31(32,6)42-29)40-26(38)34-17-15-19-10-12-20(33)13-11-19/h9-13,22-25,27,37H,1,14-18,33H2,2-8H3,(H,34,38)/t22-,23-,24-,25-,27?,29-,30-,31+,32-/m0/s1. The van der Waals surface area contributed by atoms with Gasteiger partial charge in [-0.1, -0.05) is 39.0 Å². The Morgan fingerprint density at radius 1 is 1.21 bits per heavy atom. The lowest BCUT2D eigenvalue weighted by Crippen LogP contribution is -2.89. The maximum absolute atomic E-state index is 14.7. The maximum atomic E-state index is 14.7. The number of anilines is 1. The third kappa shape index (κ3) is 4.40. The van der Waals surface area contributed by atoms with Crippen LogP contribution in [-0.2, 0) is 30.2 Å². The molecule has 232 valence electrons. The number of hydrogen-bond acceptors (Lipinski definition) is 9. The number of nitrogens with two attached hydrogens (primary N) is 1. The molecule has 1 spiro atoms. The smallest absolute Gasteiger partial charge is 0.407 e. The van der Waals surface area contributed by atoms with E-state index >= 15 is 0 Å². The van der Waals surface area contributed by atoms with Crippen LogP contribution in [0.2, 0.25) is 0 Å². The van der Waals surface area contributed by atoms with Crippen LogP contribution in [0, 0.1) is 16.7 Å². The van der Waals surface area contributed by atoms with Gasteiger partial charge in [0, 0.05) is 30.0 Å². The molecule has 10 nitrogen and oxygen atoms in total. The van der Waals surface area contributed by atoms with Crippen molar-refractivity contribution in [2.75, 3.05) is 26.4 Å². The topological polar surface area (TPSA) is 133 Å². The molecule has 0 aromatic heterocycles. The van der Waals surface area contributed by atoms with E-state index in [1.807, 2.05) is 45.3 Å². The molecule has 9 atom stereocenters. The van der Waals surface area contributed by atoms with Gasteiger partial charge in [0.1, 0.15) is 5.60 Å². The monoisotopic (exact) mass is 585 g/mol. The molecule has 5 rings (SSSR count). The van der Waals surface area contributed by atoms with Gasteiger partial charge in [0.2, 0.25) is 6.41 Å². The van der Waals surface area contributed by atoms with Crippen LogP contribution in [0.3, 0.4) is 0 Å². The summed E-state index contributed by atoms with van der Waals surface area (Å²) in [5.74, 6) is -0.679. The molecule has 2 aliphatic carbocycles. The van der Waals surface area contributed by atoms with Crippen LogP contribution < -0.4 is 11.1 Å². The highest BCUT2D eigenvalue weighted by atomic mass is 16.7. The molecular formula is C32H47N3O7. The Hall–Kier alpha value is -2.50. The van der Waals surface area contributed by atoms with Crippen LogP contribution in [0.15, 0.2) is 36.9 Å². The normalized spacial score (nSPS) is 42.3. The van der Waals surface area contributed by atoms with Crippen molar-refractivity contribution in [1.82, 2.24) is 10.2 Å². The summed E-state index contributed by atoms with van der Waals surface area (Å²) >= 11 is 0. The second kappa shape index (κ2) is 10.3. The van der Waals surface area contributed by atoms with E-state index in [2.05, 4.69) is 25.7 Å². The van der Waals surface area contributed by atoms with Crippen LogP contribution in [-0.4, -0.2) is 84.1 Å². The number of amides is 1. The average Bonchev–Trinajstić information content (AvgIpc) is 2.90. The first-order valence-corrected chi connectivity index (χ1v) is 14.9. The zero-order valence-corrected chi connectivity index (χ0v) is 25.9. The summed E-state index contributed by atoms with van der Waals surface area (Å²) < 4.78 is 26.3. The van der Waals surface area contributed by atoms with Gasteiger partial charge in [-0.3, -0.25) is 9.69 Å². The number of nitrogens with zero attached hydrogens (tertiary/aromatic N) is 1. The number of hydrogen-bond donors (Lipinski definition) is 3. The maximum Gasteiger partial charge on any atom is 0.407 e. The molecular weight excluding hydrogens is 538 g/mol. The SMILES string of the molecule is C=C[C@@]1(C)CC(=O)[C@@]23OC(N(C)C)O[C@H]4CCC(C)(C)[C@H]([C@H](O)[C@H](OC(=O)NCCc5ccc(N)cc5)[C@@]2(C)O1)[C@]43C. The van der Waals surface area contributed by atoms with E-state index in [-0.39, 0.29) is 12.2 Å². The van der Waals surface area contributed by atoms with Crippen molar-refractivity contribution in [3.8, 4) is 0 Å². The molecule has 10 heteroatoms. The van der Waals surface area contributed by atoms with Crippen molar-refractivity contribution < 1.29 is 33.6 Å². The van der Waals surface area contributed by atoms with Gasteiger partial charge in [-0.25, -0.2) is 4.79 Å². The fraction of sp³-hybridized carbons (Fsp3) is 0.688. The quantitative estimate of drug-likeness (QED) is 0.339. The van der Waals surface area contributed by atoms with Crippen molar-refractivity contribution in [1.29, 1.82) is 0 Å². The zero-order chi connectivity index (χ0) is 30.9. The second-order valence-electron chi connectivity index (χ2n) is 14.0. The summed E-state index contributed by atoms with van der Waals surface area (Å²) in [6.07, 6.45) is -0.729. The lowest BCUT2D eigenvalue weighted by molar-refractivity contribution is -0.456. The van der Waals surface area contributed by atoms with Crippen molar-refractivity contribution >= 4 is 17.6 Å². The Balaban J connectivity index is 1.56. The van der Waals surface area contributed by atoms with E-state index in [0.29, 0.717) is 25.1 Å². The van der Waals surface area contributed by atoms with Crippen molar-refractivity contribution in [2.24, 2.45) is 16.7 Å². The fourth-order valence-corrected chi connectivity index (χ4v) is 8.65. The lowest BCUT2D eigenvalue weighted by Gasteiger charge is -2.74. The predicted molar refractivity (Wildman–Crippen MR) is 157 cm³/mol. The first-order chi connectivity index (χ1) is 19.5. The number of ether oxygens (including phenoxy) is 4. The number of benzene rings is 1. The van der Waals surface area contributed by atoms with E-state index in [4.69, 9.17) is 24.7 Å². The molecule has 4 N–H and O–H groups in total. The number of ketones is 1. The van der Waals surface area contributed by atoms with Crippen LogP contribution in [0.5, 0.6) is 0 Å². The van der Waals surface area contributed by atoms with Crippen molar-refractivity contribution in [3.63, 3.8) is 0 Å². The van der Waals surface area contributed by atoms with Crippen LogP contribution in [0.1, 0.15) is 59.4 Å². The Labute approximate surface area is 248 Å². The number of aliphatic hydroxyl groups is 1. The molecule has 2 saturated heterocycles. The van der Waals surface area contributed by atoms with Gasteiger partial charge in [-0.2, -0.15) is 0 Å². The molecule has 1 aromatic carbocycles. The van der Waals surface area contributed by atoms with Gasteiger partial charge in [0.05, 0.1) is 17.8 Å². The molecule has 1 unspecified atom stereocenters. The van der Waals surface area contributed by atoms with Gasteiger partial charge >= 0.3 is 6.09 Å². The number of alkyl carbamates (subject to hydrolysis) is 1. The molecule has 4 aliphatic rings. The minimum atomic E-state index is -1.59. The predicted octanol–water partition coefficient (Wildman–Crippen LogP) is 3.42. The summed E-state index contributed by atoms with van der Waals surface area (Å²) in [6.45, 7) is 13.9. The Morgan fingerprint density at radius 3 is 2.50 bits per heavy atom. The second-order valence-corrected chi connectivity index (χ2v) is 14.0. The summed E-state index contributed by atoms with van der Waals surface area (Å²) in [4.78, 5) is 29.9. The van der Waals surface area contributed by atoms with Gasteiger partial charge in [0.15, 0.2) is 17.5 Å². The first kappa shape index (κ1) is 30.9. The molecule has 2 saturated carbocycles. The number of carbonyl (C=O) groups excluding carboxylic acids is 2. The number of aliphatic hydroxyl groups excluding tert-OH is 1. The average molecular weight is 586 g/mol. The molecule has 1 amide bonds. The zero-order valence-electron chi connectivity index (χ0n) is 25.9.